The Morgan fingerprint density at radius 1 is 1.18 bits per heavy atom. The topological polar surface area (TPSA) is 38.5 Å². The van der Waals surface area contributed by atoms with Crippen LogP contribution in [0.3, 0.4) is 0 Å². The summed E-state index contributed by atoms with van der Waals surface area (Å²) >= 11 is 0. The first kappa shape index (κ1) is 14.9. The second kappa shape index (κ2) is 7.34. The van der Waals surface area contributed by atoms with Crippen molar-refractivity contribution in [2.24, 2.45) is 5.73 Å². The molecule has 0 radical (unpaired) electrons. The quantitative estimate of drug-likeness (QED) is 0.675. The predicted octanol–water partition coefficient (Wildman–Crippen LogP) is 2.39. The second-order valence-electron chi connectivity index (χ2n) is 5.39. The highest BCUT2D eigenvalue weighted by Gasteiger charge is 2.47. The van der Waals surface area contributed by atoms with Crippen LogP contribution in [0.25, 0.3) is 0 Å². The molecule has 102 valence electrons. The number of methoxy groups -OCH3 is 1. The third-order valence-electron chi connectivity index (χ3n) is 4.16. The van der Waals surface area contributed by atoms with E-state index in [9.17, 15) is 0 Å². The maximum Gasteiger partial charge on any atom is 0.0607 e. The van der Waals surface area contributed by atoms with E-state index in [1.54, 1.807) is 0 Å². The molecule has 0 saturated heterocycles. The largest absolute Gasteiger partial charge is 0.381 e. The molecular weight excluding hydrogens is 212 g/mol. The fourth-order valence-electron chi connectivity index (χ4n) is 2.79. The van der Waals surface area contributed by atoms with Crippen LogP contribution in [0, 0.1) is 0 Å². The maximum atomic E-state index is 6.03. The smallest absolute Gasteiger partial charge is 0.0607 e. The summed E-state index contributed by atoms with van der Waals surface area (Å²) < 4.78 is 5.42. The second-order valence-corrected chi connectivity index (χ2v) is 5.39. The van der Waals surface area contributed by atoms with Gasteiger partial charge in [-0.2, -0.15) is 0 Å². The van der Waals surface area contributed by atoms with Gasteiger partial charge in [0.05, 0.1) is 6.10 Å². The highest BCUT2D eigenvalue weighted by Crippen LogP contribution is 2.39. The Labute approximate surface area is 107 Å². The zero-order chi connectivity index (χ0) is 12.7. The minimum Gasteiger partial charge on any atom is -0.381 e. The Hall–Kier alpha value is -0.120. The van der Waals surface area contributed by atoms with Gasteiger partial charge in [-0.3, -0.25) is 4.90 Å². The van der Waals surface area contributed by atoms with Crippen molar-refractivity contribution in [3.63, 3.8) is 0 Å². The number of unbranched alkanes of at least 4 members (excludes halogenated alkanes) is 2. The lowest BCUT2D eigenvalue weighted by Crippen LogP contribution is -2.64. The Morgan fingerprint density at radius 2 is 1.71 bits per heavy atom. The zero-order valence-corrected chi connectivity index (χ0v) is 11.9. The number of ether oxygens (including phenoxy) is 1. The predicted molar refractivity (Wildman–Crippen MR) is 73.2 cm³/mol. The van der Waals surface area contributed by atoms with E-state index >= 15 is 0 Å². The summed E-state index contributed by atoms with van der Waals surface area (Å²) in [6, 6.07) is 0. The van der Waals surface area contributed by atoms with E-state index in [4.69, 9.17) is 10.5 Å². The standard InChI is InChI=1S/C14H30N2O/c1-4-6-8-16(9-7-5-2)14(12-15)10-13(11-14)17-3/h13H,4-12,15H2,1-3H3. The molecule has 2 N–H and O–H groups in total. The molecule has 17 heavy (non-hydrogen) atoms. The SMILES string of the molecule is CCCCN(CCCC)C1(CN)CC(OC)C1. The third kappa shape index (κ3) is 3.67. The summed E-state index contributed by atoms with van der Waals surface area (Å²) in [6.45, 7) is 7.69. The molecule has 0 heterocycles. The van der Waals surface area contributed by atoms with Crippen molar-refractivity contribution in [2.45, 2.75) is 64.0 Å². The fourth-order valence-corrected chi connectivity index (χ4v) is 2.79. The molecule has 0 aliphatic heterocycles. The van der Waals surface area contributed by atoms with E-state index in [2.05, 4.69) is 18.7 Å². The lowest BCUT2D eigenvalue weighted by molar-refractivity contribution is -0.0879. The summed E-state index contributed by atoms with van der Waals surface area (Å²) in [5, 5.41) is 0. The number of rotatable bonds is 9. The summed E-state index contributed by atoms with van der Waals surface area (Å²) in [6.07, 6.45) is 7.76. The molecule has 0 aromatic carbocycles. The lowest BCUT2D eigenvalue weighted by Gasteiger charge is -2.53. The molecule has 0 spiro atoms. The molecule has 1 saturated carbocycles. The molecule has 0 amide bonds. The first-order chi connectivity index (χ1) is 8.22. The van der Waals surface area contributed by atoms with Crippen molar-refractivity contribution in [3.05, 3.63) is 0 Å². The van der Waals surface area contributed by atoms with E-state index in [-0.39, 0.29) is 5.54 Å². The van der Waals surface area contributed by atoms with E-state index in [0.29, 0.717) is 6.10 Å². The van der Waals surface area contributed by atoms with Gasteiger partial charge in [0.1, 0.15) is 0 Å². The maximum absolute atomic E-state index is 6.03. The Bertz CT molecular complexity index is 194. The molecular formula is C14H30N2O. The average molecular weight is 242 g/mol. The van der Waals surface area contributed by atoms with Crippen molar-refractivity contribution in [2.75, 3.05) is 26.7 Å². The first-order valence-electron chi connectivity index (χ1n) is 7.20. The third-order valence-corrected chi connectivity index (χ3v) is 4.16. The van der Waals surface area contributed by atoms with Crippen LogP contribution in [0.5, 0.6) is 0 Å². The van der Waals surface area contributed by atoms with Gasteiger partial charge in [0.25, 0.3) is 0 Å². The number of nitrogens with zero attached hydrogens (tertiary/aromatic N) is 1. The summed E-state index contributed by atoms with van der Waals surface area (Å²) in [4.78, 5) is 2.63. The molecule has 0 atom stereocenters. The van der Waals surface area contributed by atoms with Crippen LogP contribution in [0.2, 0.25) is 0 Å². The van der Waals surface area contributed by atoms with E-state index in [1.165, 1.54) is 38.8 Å². The highest BCUT2D eigenvalue weighted by atomic mass is 16.5. The average Bonchev–Trinajstić information content (AvgIpc) is 2.31. The number of hydrogen-bond donors (Lipinski definition) is 1. The monoisotopic (exact) mass is 242 g/mol. The van der Waals surface area contributed by atoms with Crippen molar-refractivity contribution in [1.29, 1.82) is 0 Å². The molecule has 3 nitrogen and oxygen atoms in total. The van der Waals surface area contributed by atoms with E-state index < -0.39 is 0 Å². The van der Waals surface area contributed by atoms with Crippen molar-refractivity contribution in [1.82, 2.24) is 4.90 Å². The number of hydrogen-bond acceptors (Lipinski definition) is 3. The van der Waals surface area contributed by atoms with Crippen LogP contribution in [0.15, 0.2) is 0 Å². The Morgan fingerprint density at radius 3 is 2.06 bits per heavy atom. The zero-order valence-electron chi connectivity index (χ0n) is 11.9. The molecule has 3 heteroatoms. The van der Waals surface area contributed by atoms with Gasteiger partial charge in [-0.05, 0) is 38.8 Å². The van der Waals surface area contributed by atoms with Gasteiger partial charge in [-0.25, -0.2) is 0 Å². The first-order valence-corrected chi connectivity index (χ1v) is 7.20. The van der Waals surface area contributed by atoms with E-state index in [1.807, 2.05) is 7.11 Å². The normalized spacial score (nSPS) is 28.4. The van der Waals surface area contributed by atoms with E-state index in [0.717, 1.165) is 19.4 Å². The molecule has 1 rings (SSSR count). The van der Waals surface area contributed by atoms with Crippen LogP contribution >= 0.6 is 0 Å². The molecule has 1 aliphatic rings. The van der Waals surface area contributed by atoms with Gasteiger partial charge in [-0.15, -0.1) is 0 Å². The van der Waals surface area contributed by atoms with Crippen LogP contribution in [0.4, 0.5) is 0 Å². The van der Waals surface area contributed by atoms with Gasteiger partial charge < -0.3 is 10.5 Å². The van der Waals surface area contributed by atoms with Gasteiger partial charge in [0.15, 0.2) is 0 Å². The van der Waals surface area contributed by atoms with Crippen molar-refractivity contribution < 1.29 is 4.74 Å². The fraction of sp³-hybridized carbons (Fsp3) is 1.00. The molecule has 0 aromatic rings. The van der Waals surface area contributed by atoms with Crippen molar-refractivity contribution >= 4 is 0 Å². The van der Waals surface area contributed by atoms with Crippen LogP contribution in [-0.4, -0.2) is 43.3 Å². The molecule has 1 fully saturated rings. The Balaban J connectivity index is 2.53. The molecule has 1 aliphatic carbocycles. The van der Waals surface area contributed by atoms with Crippen LogP contribution < -0.4 is 5.73 Å². The van der Waals surface area contributed by atoms with Crippen LogP contribution in [-0.2, 0) is 4.74 Å². The number of nitrogens with two attached hydrogens (primary N) is 1. The molecule has 0 bridgehead atoms. The van der Waals surface area contributed by atoms with Gasteiger partial charge in [0, 0.05) is 19.2 Å². The molecule has 0 unspecified atom stereocenters. The molecule has 0 aromatic heterocycles. The highest BCUT2D eigenvalue weighted by molar-refractivity contribution is 5.04. The summed E-state index contributed by atoms with van der Waals surface area (Å²) in [7, 11) is 1.81. The minimum atomic E-state index is 0.241. The van der Waals surface area contributed by atoms with Crippen LogP contribution in [0.1, 0.15) is 52.4 Å². The van der Waals surface area contributed by atoms with Gasteiger partial charge in [0.2, 0.25) is 0 Å². The van der Waals surface area contributed by atoms with Gasteiger partial charge in [-0.1, -0.05) is 26.7 Å². The van der Waals surface area contributed by atoms with Gasteiger partial charge >= 0.3 is 0 Å². The summed E-state index contributed by atoms with van der Waals surface area (Å²) in [5.41, 5.74) is 6.27. The minimum absolute atomic E-state index is 0.241. The Kier molecular flexibility index (Phi) is 6.45. The van der Waals surface area contributed by atoms with Crippen molar-refractivity contribution in [3.8, 4) is 0 Å². The summed E-state index contributed by atoms with van der Waals surface area (Å²) in [5.74, 6) is 0. The lowest BCUT2D eigenvalue weighted by atomic mass is 9.72.